The van der Waals surface area contributed by atoms with Crippen LogP contribution in [0.2, 0.25) is 0 Å². The summed E-state index contributed by atoms with van der Waals surface area (Å²) in [6.45, 7) is 5.97. The average Bonchev–Trinajstić information content (AvgIpc) is 2.79. The molecule has 0 unspecified atom stereocenters. The van der Waals surface area contributed by atoms with E-state index in [-0.39, 0.29) is 0 Å². The quantitative estimate of drug-likeness (QED) is 0.857. The summed E-state index contributed by atoms with van der Waals surface area (Å²) in [7, 11) is 0. The molecule has 0 bridgehead atoms. The molecule has 0 aromatic carbocycles. The van der Waals surface area contributed by atoms with Gasteiger partial charge in [-0.25, -0.2) is 4.98 Å². The van der Waals surface area contributed by atoms with Crippen LogP contribution in [0.3, 0.4) is 0 Å². The minimum atomic E-state index is 0.796. The van der Waals surface area contributed by atoms with Crippen molar-refractivity contribution >= 4 is 5.82 Å². The van der Waals surface area contributed by atoms with Gasteiger partial charge < -0.3 is 9.88 Å². The van der Waals surface area contributed by atoms with E-state index >= 15 is 0 Å². The van der Waals surface area contributed by atoms with Crippen molar-refractivity contribution < 1.29 is 0 Å². The summed E-state index contributed by atoms with van der Waals surface area (Å²) >= 11 is 0. The number of nitrogens with zero attached hydrogens (tertiary/aromatic N) is 4. The van der Waals surface area contributed by atoms with Gasteiger partial charge in [-0.3, -0.25) is 0 Å². The molecule has 2 rings (SSSR count). The van der Waals surface area contributed by atoms with Crippen LogP contribution >= 0.6 is 0 Å². The molecule has 2 heterocycles. The predicted octanol–water partition coefficient (Wildman–Crippen LogP) is 2.18. The molecule has 0 atom stereocenters. The zero-order valence-corrected chi connectivity index (χ0v) is 10.2. The number of aryl methyl sites for hydroxylation is 1. The smallest absolute Gasteiger partial charge is 0.160 e. The standard InChI is InChI=1S/C12H17N5/c1-3-8-17-9-7-14-12(17)10-5-6-11(13-4-2)16-15-10/h5-7,9H,3-4,8H2,1-2H3,(H,13,16). The minimum Gasteiger partial charge on any atom is -0.369 e. The lowest BCUT2D eigenvalue weighted by Crippen LogP contribution is -2.03. The lowest BCUT2D eigenvalue weighted by Gasteiger charge is -2.06. The van der Waals surface area contributed by atoms with Crippen LogP contribution in [0.1, 0.15) is 20.3 Å². The molecule has 0 spiro atoms. The van der Waals surface area contributed by atoms with Gasteiger partial charge in [-0.2, -0.15) is 0 Å². The van der Waals surface area contributed by atoms with Gasteiger partial charge in [0.15, 0.2) is 5.82 Å². The van der Waals surface area contributed by atoms with Crippen molar-refractivity contribution in [3.8, 4) is 11.5 Å². The van der Waals surface area contributed by atoms with Crippen molar-refractivity contribution in [1.29, 1.82) is 0 Å². The second-order valence-electron chi connectivity index (χ2n) is 3.78. The third kappa shape index (κ3) is 2.61. The van der Waals surface area contributed by atoms with Gasteiger partial charge in [-0.15, -0.1) is 10.2 Å². The Balaban J connectivity index is 2.23. The van der Waals surface area contributed by atoms with E-state index in [2.05, 4.69) is 32.0 Å². The Hall–Kier alpha value is -1.91. The summed E-state index contributed by atoms with van der Waals surface area (Å²) in [5.74, 6) is 1.67. The van der Waals surface area contributed by atoms with E-state index in [0.29, 0.717) is 0 Å². The molecule has 0 radical (unpaired) electrons. The van der Waals surface area contributed by atoms with E-state index in [1.807, 2.05) is 25.3 Å². The highest BCUT2D eigenvalue weighted by atomic mass is 15.2. The molecule has 5 heteroatoms. The number of imidazole rings is 1. The van der Waals surface area contributed by atoms with Crippen LogP contribution in [0.4, 0.5) is 5.82 Å². The Kier molecular flexibility index (Phi) is 3.69. The van der Waals surface area contributed by atoms with Crippen LogP contribution in [0.15, 0.2) is 24.5 Å². The Labute approximate surface area is 101 Å². The van der Waals surface area contributed by atoms with Gasteiger partial charge in [0, 0.05) is 25.5 Å². The van der Waals surface area contributed by atoms with Gasteiger partial charge in [-0.05, 0) is 25.5 Å². The fraction of sp³-hybridized carbons (Fsp3) is 0.417. The summed E-state index contributed by atoms with van der Waals surface area (Å²) in [6, 6.07) is 3.87. The summed E-state index contributed by atoms with van der Waals surface area (Å²) in [5.41, 5.74) is 0.810. The Bertz CT molecular complexity index is 460. The van der Waals surface area contributed by atoms with Gasteiger partial charge in [0.2, 0.25) is 0 Å². The van der Waals surface area contributed by atoms with E-state index in [1.165, 1.54) is 0 Å². The molecule has 0 saturated heterocycles. The van der Waals surface area contributed by atoms with Crippen molar-refractivity contribution in [2.24, 2.45) is 0 Å². The molecule has 0 aliphatic rings. The maximum absolute atomic E-state index is 4.32. The molecule has 2 aromatic heterocycles. The molecule has 5 nitrogen and oxygen atoms in total. The molecular formula is C12H17N5. The molecule has 90 valence electrons. The van der Waals surface area contributed by atoms with Crippen LogP contribution in [0.25, 0.3) is 11.5 Å². The van der Waals surface area contributed by atoms with E-state index in [9.17, 15) is 0 Å². The van der Waals surface area contributed by atoms with Crippen LogP contribution in [0, 0.1) is 0 Å². The number of anilines is 1. The third-order valence-electron chi connectivity index (χ3n) is 2.43. The largest absolute Gasteiger partial charge is 0.369 e. The van der Waals surface area contributed by atoms with Gasteiger partial charge >= 0.3 is 0 Å². The number of nitrogens with one attached hydrogen (secondary N) is 1. The van der Waals surface area contributed by atoms with Crippen LogP contribution in [0.5, 0.6) is 0 Å². The lowest BCUT2D eigenvalue weighted by molar-refractivity contribution is 0.683. The van der Waals surface area contributed by atoms with Crippen molar-refractivity contribution in [2.75, 3.05) is 11.9 Å². The van der Waals surface area contributed by atoms with Crippen molar-refractivity contribution in [1.82, 2.24) is 19.7 Å². The number of hydrogen-bond donors (Lipinski definition) is 1. The molecule has 0 aliphatic carbocycles. The molecule has 0 aliphatic heterocycles. The molecule has 0 amide bonds. The molecule has 2 aromatic rings. The van der Waals surface area contributed by atoms with Crippen LogP contribution < -0.4 is 5.32 Å². The molecule has 1 N–H and O–H groups in total. The summed E-state index contributed by atoms with van der Waals surface area (Å²) in [6.07, 6.45) is 4.84. The first-order valence-corrected chi connectivity index (χ1v) is 5.94. The highest BCUT2D eigenvalue weighted by molar-refractivity contribution is 5.51. The van der Waals surface area contributed by atoms with Crippen molar-refractivity contribution in [3.05, 3.63) is 24.5 Å². The second kappa shape index (κ2) is 5.43. The van der Waals surface area contributed by atoms with E-state index < -0.39 is 0 Å². The maximum atomic E-state index is 4.32. The van der Waals surface area contributed by atoms with E-state index in [4.69, 9.17) is 0 Å². The zero-order valence-electron chi connectivity index (χ0n) is 10.2. The predicted molar refractivity (Wildman–Crippen MR) is 67.7 cm³/mol. The Morgan fingerprint density at radius 3 is 2.76 bits per heavy atom. The zero-order chi connectivity index (χ0) is 12.1. The Morgan fingerprint density at radius 1 is 1.24 bits per heavy atom. The summed E-state index contributed by atoms with van der Waals surface area (Å²) < 4.78 is 2.09. The fourth-order valence-corrected chi connectivity index (χ4v) is 1.69. The van der Waals surface area contributed by atoms with Crippen molar-refractivity contribution in [3.63, 3.8) is 0 Å². The third-order valence-corrected chi connectivity index (χ3v) is 2.43. The lowest BCUT2D eigenvalue weighted by atomic mass is 10.3. The molecule has 0 saturated carbocycles. The van der Waals surface area contributed by atoms with Gasteiger partial charge in [0.05, 0.1) is 0 Å². The minimum absolute atomic E-state index is 0.796. The number of rotatable bonds is 5. The normalized spacial score (nSPS) is 10.5. The topological polar surface area (TPSA) is 55.6 Å². The highest BCUT2D eigenvalue weighted by Gasteiger charge is 2.07. The SMILES string of the molecule is CCCn1ccnc1-c1ccc(NCC)nn1. The van der Waals surface area contributed by atoms with Gasteiger partial charge in [0.1, 0.15) is 11.5 Å². The Morgan fingerprint density at radius 2 is 2.12 bits per heavy atom. The van der Waals surface area contributed by atoms with Gasteiger partial charge in [-0.1, -0.05) is 6.92 Å². The monoisotopic (exact) mass is 231 g/mol. The number of aromatic nitrogens is 4. The van der Waals surface area contributed by atoms with E-state index in [0.717, 1.165) is 36.8 Å². The second-order valence-corrected chi connectivity index (χ2v) is 3.78. The summed E-state index contributed by atoms with van der Waals surface area (Å²) in [4.78, 5) is 4.32. The maximum Gasteiger partial charge on any atom is 0.160 e. The van der Waals surface area contributed by atoms with Crippen LogP contribution in [-0.2, 0) is 6.54 Å². The first-order chi connectivity index (χ1) is 8.35. The highest BCUT2D eigenvalue weighted by Crippen LogP contribution is 2.15. The molecule has 0 fully saturated rings. The first kappa shape index (κ1) is 11.6. The van der Waals surface area contributed by atoms with Gasteiger partial charge in [0.25, 0.3) is 0 Å². The molecule has 17 heavy (non-hydrogen) atoms. The molecular weight excluding hydrogens is 214 g/mol. The fourth-order valence-electron chi connectivity index (χ4n) is 1.69. The average molecular weight is 231 g/mol. The first-order valence-electron chi connectivity index (χ1n) is 5.94. The van der Waals surface area contributed by atoms with Crippen molar-refractivity contribution in [2.45, 2.75) is 26.8 Å². The summed E-state index contributed by atoms with van der Waals surface area (Å²) in [5, 5.41) is 11.4. The van der Waals surface area contributed by atoms with E-state index in [1.54, 1.807) is 6.20 Å². The number of hydrogen-bond acceptors (Lipinski definition) is 4. The van der Waals surface area contributed by atoms with Crippen LogP contribution in [-0.4, -0.2) is 26.3 Å².